The van der Waals surface area contributed by atoms with Crippen LogP contribution in [0.3, 0.4) is 0 Å². The molecule has 0 radical (unpaired) electrons. The average Bonchev–Trinajstić information content (AvgIpc) is 3.38. The van der Waals surface area contributed by atoms with Gasteiger partial charge in [0.25, 0.3) is 17.5 Å². The number of non-ortho nitro benzene ring substituents is 1. The number of esters is 1. The topological polar surface area (TPSA) is 128 Å². The summed E-state index contributed by atoms with van der Waals surface area (Å²) in [5.74, 6) is -1.38. The van der Waals surface area contributed by atoms with Crippen LogP contribution in [0.4, 0.5) is 5.69 Å². The van der Waals surface area contributed by atoms with Crippen molar-refractivity contribution in [3.05, 3.63) is 39.9 Å². The van der Waals surface area contributed by atoms with Crippen LogP contribution < -0.4 is 10.6 Å². The molecule has 9 heteroatoms. The number of nitrogens with zero attached hydrogens (tertiary/aromatic N) is 1. The molecule has 0 spiro atoms. The van der Waals surface area contributed by atoms with Gasteiger partial charge in [0.05, 0.1) is 11.3 Å². The molecule has 25 heavy (non-hydrogen) atoms. The molecule has 2 amide bonds. The highest BCUT2D eigenvalue weighted by molar-refractivity contribution is 5.94. The molecule has 0 unspecified atom stereocenters. The van der Waals surface area contributed by atoms with E-state index >= 15 is 0 Å². The molecule has 1 aromatic rings. The smallest absolute Gasteiger partial charge is 0.308 e. The van der Waals surface area contributed by atoms with Crippen LogP contribution in [-0.2, 0) is 14.3 Å². The molecule has 134 valence electrons. The average molecular weight is 349 g/mol. The fourth-order valence-corrected chi connectivity index (χ4v) is 1.97. The van der Waals surface area contributed by atoms with E-state index in [1.807, 2.05) is 0 Å². The van der Waals surface area contributed by atoms with Crippen molar-refractivity contribution in [3.63, 3.8) is 0 Å². The predicted molar refractivity (Wildman–Crippen MR) is 86.8 cm³/mol. The van der Waals surface area contributed by atoms with Crippen molar-refractivity contribution in [1.82, 2.24) is 10.6 Å². The Hall–Kier alpha value is -2.97. The summed E-state index contributed by atoms with van der Waals surface area (Å²) >= 11 is 0. The highest BCUT2D eigenvalue weighted by Crippen LogP contribution is 2.18. The molecule has 1 fully saturated rings. The van der Waals surface area contributed by atoms with Crippen molar-refractivity contribution < 1.29 is 24.0 Å². The number of nitro groups is 1. The number of nitro benzene ring substituents is 1. The summed E-state index contributed by atoms with van der Waals surface area (Å²) < 4.78 is 4.99. The van der Waals surface area contributed by atoms with Gasteiger partial charge in [-0.2, -0.15) is 0 Å². The third-order valence-corrected chi connectivity index (χ3v) is 3.56. The van der Waals surface area contributed by atoms with E-state index in [1.165, 1.54) is 31.2 Å². The lowest BCUT2D eigenvalue weighted by molar-refractivity contribution is -0.384. The Labute approximate surface area is 143 Å². The normalized spacial score (nSPS) is 14.3. The number of ether oxygens (including phenoxy) is 1. The van der Waals surface area contributed by atoms with Crippen LogP contribution >= 0.6 is 0 Å². The summed E-state index contributed by atoms with van der Waals surface area (Å²) in [7, 11) is 0. The summed E-state index contributed by atoms with van der Waals surface area (Å²) in [6.45, 7) is 1.52. The molecule has 0 aliphatic heterocycles. The first-order valence-electron chi connectivity index (χ1n) is 7.89. The number of hydrogen-bond donors (Lipinski definition) is 2. The zero-order valence-electron chi connectivity index (χ0n) is 13.7. The quantitative estimate of drug-likeness (QED) is 0.408. The summed E-state index contributed by atoms with van der Waals surface area (Å²) in [5, 5.41) is 15.8. The third-order valence-electron chi connectivity index (χ3n) is 3.56. The van der Waals surface area contributed by atoms with Crippen LogP contribution in [0.15, 0.2) is 24.3 Å². The molecular formula is C16H19N3O6. The fourth-order valence-electron chi connectivity index (χ4n) is 1.97. The van der Waals surface area contributed by atoms with Gasteiger partial charge in [0.15, 0.2) is 6.10 Å². The molecule has 9 nitrogen and oxygen atoms in total. The third kappa shape index (κ3) is 5.87. The Morgan fingerprint density at radius 3 is 2.48 bits per heavy atom. The highest BCUT2D eigenvalue weighted by atomic mass is 16.6. The first-order valence-corrected chi connectivity index (χ1v) is 7.89. The Balaban J connectivity index is 1.69. The first kappa shape index (κ1) is 18.4. The van der Waals surface area contributed by atoms with Crippen LogP contribution in [0.5, 0.6) is 0 Å². The standard InChI is InChI=1S/C16H19N3O6/c1-10(15(21)18-12-4-5-12)25-14(20)8-9-17-16(22)11-2-6-13(7-3-11)19(23)24/h2-3,6-7,10,12H,4-5,8-9H2,1H3,(H,17,22)(H,18,21)/t10-/m1/s1. The Morgan fingerprint density at radius 1 is 1.28 bits per heavy atom. The van der Waals surface area contributed by atoms with Crippen molar-refractivity contribution in [2.24, 2.45) is 0 Å². The van der Waals surface area contributed by atoms with Crippen molar-refractivity contribution in [3.8, 4) is 0 Å². The van der Waals surface area contributed by atoms with E-state index in [0.29, 0.717) is 0 Å². The second-order valence-electron chi connectivity index (χ2n) is 5.72. The first-order chi connectivity index (χ1) is 11.9. The predicted octanol–water partition coefficient (Wildman–Crippen LogP) is 0.925. The van der Waals surface area contributed by atoms with Crippen LogP contribution in [0, 0.1) is 10.1 Å². The Bertz CT molecular complexity index is 669. The molecule has 1 aromatic carbocycles. The lowest BCUT2D eigenvalue weighted by atomic mass is 10.2. The van der Waals surface area contributed by atoms with Gasteiger partial charge in [-0.3, -0.25) is 24.5 Å². The minimum Gasteiger partial charge on any atom is -0.452 e. The number of nitrogens with one attached hydrogen (secondary N) is 2. The lowest BCUT2D eigenvalue weighted by Crippen LogP contribution is -2.37. The Kier molecular flexibility index (Phi) is 6.04. The van der Waals surface area contributed by atoms with Crippen molar-refractivity contribution >= 4 is 23.5 Å². The van der Waals surface area contributed by atoms with E-state index in [1.54, 1.807) is 0 Å². The van der Waals surface area contributed by atoms with Crippen LogP contribution in [0.25, 0.3) is 0 Å². The van der Waals surface area contributed by atoms with Gasteiger partial charge in [-0.25, -0.2) is 0 Å². The lowest BCUT2D eigenvalue weighted by Gasteiger charge is -2.13. The van der Waals surface area contributed by atoms with Crippen molar-refractivity contribution in [2.45, 2.75) is 38.3 Å². The second-order valence-corrected chi connectivity index (χ2v) is 5.72. The number of amides is 2. The molecule has 2 rings (SSSR count). The van der Waals surface area contributed by atoms with Gasteiger partial charge in [-0.15, -0.1) is 0 Å². The van der Waals surface area contributed by atoms with E-state index in [9.17, 15) is 24.5 Å². The van der Waals surface area contributed by atoms with E-state index in [2.05, 4.69) is 10.6 Å². The van der Waals surface area contributed by atoms with Crippen LogP contribution in [0.2, 0.25) is 0 Å². The molecule has 2 N–H and O–H groups in total. The molecule has 0 heterocycles. The molecule has 1 aliphatic rings. The minimum absolute atomic E-state index is 0.0334. The zero-order chi connectivity index (χ0) is 18.4. The fraction of sp³-hybridized carbons (Fsp3) is 0.438. The molecular weight excluding hydrogens is 330 g/mol. The monoisotopic (exact) mass is 349 g/mol. The Morgan fingerprint density at radius 2 is 1.92 bits per heavy atom. The molecule has 1 saturated carbocycles. The van der Waals surface area contributed by atoms with Crippen LogP contribution in [-0.4, -0.2) is 41.4 Å². The van der Waals surface area contributed by atoms with Gasteiger partial charge in [0.1, 0.15) is 0 Å². The summed E-state index contributed by atoms with van der Waals surface area (Å²) in [6, 6.07) is 5.30. The maximum absolute atomic E-state index is 11.9. The summed E-state index contributed by atoms with van der Waals surface area (Å²) in [4.78, 5) is 45.2. The van der Waals surface area contributed by atoms with E-state index < -0.39 is 22.9 Å². The summed E-state index contributed by atoms with van der Waals surface area (Å²) in [5.41, 5.74) is 0.134. The molecule has 1 atom stereocenters. The van der Waals surface area contributed by atoms with Crippen LogP contribution in [0.1, 0.15) is 36.5 Å². The summed E-state index contributed by atoms with van der Waals surface area (Å²) in [6.07, 6.45) is 0.931. The minimum atomic E-state index is -0.876. The maximum atomic E-state index is 11.9. The zero-order valence-corrected chi connectivity index (χ0v) is 13.7. The van der Waals surface area contributed by atoms with Crippen molar-refractivity contribution in [2.75, 3.05) is 6.54 Å². The SMILES string of the molecule is C[C@@H](OC(=O)CCNC(=O)c1ccc([N+](=O)[O-])cc1)C(=O)NC1CC1. The maximum Gasteiger partial charge on any atom is 0.308 e. The number of benzene rings is 1. The van der Waals surface area contributed by atoms with Gasteiger partial charge in [0, 0.05) is 30.3 Å². The largest absolute Gasteiger partial charge is 0.452 e. The molecule has 0 bridgehead atoms. The van der Waals surface area contributed by atoms with E-state index in [4.69, 9.17) is 4.74 Å². The molecule has 1 aliphatic carbocycles. The van der Waals surface area contributed by atoms with Crippen molar-refractivity contribution in [1.29, 1.82) is 0 Å². The van der Waals surface area contributed by atoms with Gasteiger partial charge in [-0.1, -0.05) is 0 Å². The number of carbonyl (C=O) groups excluding carboxylic acids is 3. The number of hydrogen-bond acceptors (Lipinski definition) is 6. The van der Waals surface area contributed by atoms with Gasteiger partial charge >= 0.3 is 5.97 Å². The van der Waals surface area contributed by atoms with E-state index in [-0.39, 0.29) is 36.2 Å². The second kappa shape index (κ2) is 8.22. The van der Waals surface area contributed by atoms with Gasteiger partial charge in [0.2, 0.25) is 0 Å². The molecule has 0 aromatic heterocycles. The molecule has 0 saturated heterocycles. The van der Waals surface area contributed by atoms with Gasteiger partial charge < -0.3 is 15.4 Å². The highest BCUT2D eigenvalue weighted by Gasteiger charge is 2.27. The number of rotatable bonds is 8. The van der Waals surface area contributed by atoms with Gasteiger partial charge in [-0.05, 0) is 31.9 Å². The number of carbonyl (C=O) groups is 3. The van der Waals surface area contributed by atoms with E-state index in [0.717, 1.165) is 12.8 Å².